The van der Waals surface area contributed by atoms with Gasteiger partial charge in [0.25, 0.3) is 0 Å². The lowest BCUT2D eigenvalue weighted by atomic mass is 10.1. The minimum atomic E-state index is -0.976. The number of hydrogen-bond donors (Lipinski definition) is 1. The van der Waals surface area contributed by atoms with Crippen LogP contribution in [0.1, 0.15) is 12.8 Å². The third-order valence-corrected chi connectivity index (χ3v) is 3.73. The van der Waals surface area contributed by atoms with Gasteiger partial charge in [-0.1, -0.05) is 18.2 Å². The summed E-state index contributed by atoms with van der Waals surface area (Å²) < 4.78 is 5.47. The summed E-state index contributed by atoms with van der Waals surface area (Å²) in [5, 5.41) is 9.01. The van der Waals surface area contributed by atoms with Gasteiger partial charge in [-0.2, -0.15) is 0 Å². The number of nitrogens with zero attached hydrogens (tertiary/aromatic N) is 2. The van der Waals surface area contributed by atoms with Crippen LogP contribution in [0, 0.1) is 0 Å². The van der Waals surface area contributed by atoms with E-state index in [4.69, 9.17) is 9.84 Å². The maximum Gasteiger partial charge on any atom is 0.325 e. The second-order valence-corrected chi connectivity index (χ2v) is 5.58. The van der Waals surface area contributed by atoms with E-state index < -0.39 is 5.97 Å². The zero-order valence-electron chi connectivity index (χ0n) is 12.8. The number of anilines is 1. The van der Waals surface area contributed by atoms with Gasteiger partial charge in [0.2, 0.25) is 0 Å². The third-order valence-electron chi connectivity index (χ3n) is 3.73. The Morgan fingerprint density at radius 1 is 1.23 bits per heavy atom. The molecule has 1 fully saturated rings. The van der Waals surface area contributed by atoms with E-state index in [1.54, 1.807) is 12.1 Å². The van der Waals surface area contributed by atoms with Crippen LogP contribution in [-0.4, -0.2) is 61.3 Å². The van der Waals surface area contributed by atoms with Gasteiger partial charge in [-0.3, -0.25) is 9.59 Å². The Hall–Kier alpha value is -2.08. The molecule has 0 radical (unpaired) electrons. The van der Waals surface area contributed by atoms with Crippen molar-refractivity contribution in [1.82, 2.24) is 4.90 Å². The Labute approximate surface area is 130 Å². The average molecular weight is 306 g/mol. The summed E-state index contributed by atoms with van der Waals surface area (Å²) in [7, 11) is 2.04. The number of hydrogen-bond acceptors (Lipinski definition) is 5. The minimum Gasteiger partial charge on any atom is -0.480 e. The van der Waals surface area contributed by atoms with Crippen LogP contribution in [0.5, 0.6) is 0 Å². The molecule has 1 aliphatic heterocycles. The molecule has 2 rings (SSSR count). The molecule has 0 aromatic heterocycles. The summed E-state index contributed by atoms with van der Waals surface area (Å²) in [4.78, 5) is 26.8. The number of carbonyl (C=O) groups is 2. The van der Waals surface area contributed by atoms with E-state index in [1.807, 2.05) is 25.2 Å². The second kappa shape index (κ2) is 7.79. The second-order valence-electron chi connectivity index (χ2n) is 5.58. The molecule has 0 amide bonds. The monoisotopic (exact) mass is 306 g/mol. The molecule has 1 saturated heterocycles. The van der Waals surface area contributed by atoms with Crippen LogP contribution in [-0.2, 0) is 14.3 Å². The number of likely N-dealkylation sites (tertiary alicyclic amines) is 1. The molecule has 6 nitrogen and oxygen atoms in total. The first-order chi connectivity index (χ1) is 10.5. The van der Waals surface area contributed by atoms with E-state index in [2.05, 4.69) is 4.90 Å². The summed E-state index contributed by atoms with van der Waals surface area (Å²) in [5.74, 6) is -1.35. The molecule has 0 unspecified atom stereocenters. The van der Waals surface area contributed by atoms with Crippen molar-refractivity contribution in [2.75, 3.05) is 38.1 Å². The molecule has 6 heteroatoms. The van der Waals surface area contributed by atoms with Gasteiger partial charge in [0.15, 0.2) is 0 Å². The Morgan fingerprint density at radius 2 is 1.86 bits per heavy atom. The Balaban J connectivity index is 1.92. The molecule has 0 bridgehead atoms. The number of benzene rings is 1. The van der Waals surface area contributed by atoms with Crippen molar-refractivity contribution in [3.8, 4) is 0 Å². The molecular weight excluding hydrogens is 284 g/mol. The molecule has 0 spiro atoms. The maximum absolute atomic E-state index is 12.1. The lowest BCUT2D eigenvalue weighted by Crippen LogP contribution is -2.39. The maximum atomic E-state index is 12.1. The van der Waals surface area contributed by atoms with Gasteiger partial charge >= 0.3 is 11.9 Å². The molecule has 22 heavy (non-hydrogen) atoms. The zero-order chi connectivity index (χ0) is 15.9. The van der Waals surface area contributed by atoms with Crippen LogP contribution in [0.25, 0.3) is 0 Å². The lowest BCUT2D eigenvalue weighted by molar-refractivity contribution is -0.149. The van der Waals surface area contributed by atoms with Gasteiger partial charge in [0, 0.05) is 18.8 Å². The van der Waals surface area contributed by atoms with E-state index in [1.165, 1.54) is 4.90 Å². The Bertz CT molecular complexity index is 498. The molecule has 0 atom stereocenters. The fourth-order valence-electron chi connectivity index (χ4n) is 2.52. The summed E-state index contributed by atoms with van der Waals surface area (Å²) >= 11 is 0. The number of para-hydroxylation sites is 1. The highest BCUT2D eigenvalue weighted by molar-refractivity contribution is 5.80. The van der Waals surface area contributed by atoms with Crippen molar-refractivity contribution in [1.29, 1.82) is 0 Å². The zero-order valence-corrected chi connectivity index (χ0v) is 12.8. The molecule has 1 N–H and O–H groups in total. The Morgan fingerprint density at radius 3 is 2.45 bits per heavy atom. The van der Waals surface area contributed by atoms with Crippen LogP contribution in [0.4, 0.5) is 5.69 Å². The first-order valence-electron chi connectivity index (χ1n) is 7.44. The van der Waals surface area contributed by atoms with Crippen LogP contribution < -0.4 is 4.90 Å². The molecule has 1 aromatic rings. The van der Waals surface area contributed by atoms with Crippen molar-refractivity contribution in [3.63, 3.8) is 0 Å². The number of ether oxygens (including phenoxy) is 1. The third kappa shape index (κ3) is 5.04. The van der Waals surface area contributed by atoms with E-state index in [0.717, 1.165) is 25.9 Å². The standard InChI is InChI=1S/C16H22N2O4/c1-17-9-7-14(8-10-17)22-16(21)12-18(11-15(19)20)13-5-3-2-4-6-13/h2-6,14H,7-12H2,1H3,(H,19,20). The number of carboxylic acids is 1. The van der Waals surface area contributed by atoms with Gasteiger partial charge in [-0.15, -0.1) is 0 Å². The highest BCUT2D eigenvalue weighted by Gasteiger charge is 2.22. The number of esters is 1. The van der Waals surface area contributed by atoms with Crippen molar-refractivity contribution >= 4 is 17.6 Å². The summed E-state index contributed by atoms with van der Waals surface area (Å²) in [6.07, 6.45) is 1.59. The van der Waals surface area contributed by atoms with Crippen molar-refractivity contribution in [3.05, 3.63) is 30.3 Å². The van der Waals surface area contributed by atoms with Crippen LogP contribution in [0.15, 0.2) is 30.3 Å². The number of rotatable bonds is 6. The van der Waals surface area contributed by atoms with E-state index >= 15 is 0 Å². The molecule has 1 heterocycles. The molecular formula is C16H22N2O4. The number of carboxylic acid groups (broad SMARTS) is 1. The van der Waals surface area contributed by atoms with Gasteiger partial charge in [0.05, 0.1) is 0 Å². The van der Waals surface area contributed by atoms with Gasteiger partial charge in [-0.25, -0.2) is 0 Å². The van der Waals surface area contributed by atoms with Gasteiger partial charge < -0.3 is 19.6 Å². The highest BCUT2D eigenvalue weighted by Crippen LogP contribution is 2.15. The minimum absolute atomic E-state index is 0.0529. The summed E-state index contributed by atoms with van der Waals surface area (Å²) in [6.45, 7) is 1.54. The van der Waals surface area contributed by atoms with Gasteiger partial charge in [0.1, 0.15) is 19.2 Å². The van der Waals surface area contributed by atoms with Crippen molar-refractivity contribution in [2.24, 2.45) is 0 Å². The van der Waals surface area contributed by atoms with Crippen molar-refractivity contribution < 1.29 is 19.4 Å². The normalized spacial score (nSPS) is 16.2. The molecule has 1 aliphatic rings. The van der Waals surface area contributed by atoms with Crippen molar-refractivity contribution in [2.45, 2.75) is 18.9 Å². The quantitative estimate of drug-likeness (QED) is 0.797. The van der Waals surface area contributed by atoms with Crippen LogP contribution in [0.2, 0.25) is 0 Å². The highest BCUT2D eigenvalue weighted by atomic mass is 16.5. The molecule has 120 valence electrons. The molecule has 0 aliphatic carbocycles. The fraction of sp³-hybridized carbons (Fsp3) is 0.500. The van der Waals surface area contributed by atoms with Crippen LogP contribution in [0.3, 0.4) is 0 Å². The summed E-state index contributed by atoms with van der Waals surface area (Å²) in [6, 6.07) is 9.04. The largest absolute Gasteiger partial charge is 0.480 e. The van der Waals surface area contributed by atoms with E-state index in [9.17, 15) is 9.59 Å². The van der Waals surface area contributed by atoms with E-state index in [0.29, 0.717) is 5.69 Å². The van der Waals surface area contributed by atoms with Crippen LogP contribution >= 0.6 is 0 Å². The number of aliphatic carboxylic acids is 1. The van der Waals surface area contributed by atoms with E-state index in [-0.39, 0.29) is 25.2 Å². The first-order valence-corrected chi connectivity index (χ1v) is 7.44. The smallest absolute Gasteiger partial charge is 0.325 e. The molecule has 1 aromatic carbocycles. The molecule has 0 saturated carbocycles. The number of piperidine rings is 1. The topological polar surface area (TPSA) is 70.1 Å². The Kier molecular flexibility index (Phi) is 5.77. The predicted molar refractivity (Wildman–Crippen MR) is 82.9 cm³/mol. The SMILES string of the molecule is CN1CCC(OC(=O)CN(CC(=O)O)c2ccccc2)CC1. The average Bonchev–Trinajstić information content (AvgIpc) is 2.49. The fourth-order valence-corrected chi connectivity index (χ4v) is 2.52. The summed E-state index contributed by atoms with van der Waals surface area (Å²) in [5.41, 5.74) is 0.699. The lowest BCUT2D eigenvalue weighted by Gasteiger charge is -2.29. The first kappa shape index (κ1) is 16.3. The number of carbonyl (C=O) groups excluding carboxylic acids is 1. The predicted octanol–water partition coefficient (Wildman–Crippen LogP) is 1.22. The van der Waals surface area contributed by atoms with Gasteiger partial charge in [-0.05, 0) is 32.0 Å².